The molecule has 0 fully saturated rings. The molecular formula is C17H18FN5OS2. The van der Waals surface area contributed by atoms with E-state index in [1.165, 1.54) is 35.2 Å². The average Bonchev–Trinajstić information content (AvgIpc) is 3.22. The third-order valence-electron chi connectivity index (χ3n) is 3.36. The molecule has 0 saturated heterocycles. The van der Waals surface area contributed by atoms with Gasteiger partial charge >= 0.3 is 0 Å². The van der Waals surface area contributed by atoms with Gasteiger partial charge in [0.25, 0.3) is 0 Å². The van der Waals surface area contributed by atoms with E-state index in [1.54, 1.807) is 23.7 Å². The van der Waals surface area contributed by atoms with Gasteiger partial charge in [-0.3, -0.25) is 4.79 Å². The van der Waals surface area contributed by atoms with Crippen LogP contribution in [0.4, 0.5) is 9.52 Å². The molecule has 136 valence electrons. The lowest BCUT2D eigenvalue weighted by molar-refractivity contribution is -0.113. The number of benzene rings is 1. The van der Waals surface area contributed by atoms with E-state index < -0.39 is 0 Å². The minimum atomic E-state index is -0.321. The molecule has 1 aromatic carbocycles. The maximum atomic E-state index is 13.6. The summed E-state index contributed by atoms with van der Waals surface area (Å²) >= 11 is 2.67. The Labute approximate surface area is 158 Å². The van der Waals surface area contributed by atoms with E-state index in [-0.39, 0.29) is 17.5 Å². The number of aromatic nitrogens is 4. The van der Waals surface area contributed by atoms with Crippen LogP contribution in [0.5, 0.6) is 0 Å². The predicted octanol–water partition coefficient (Wildman–Crippen LogP) is 3.93. The van der Waals surface area contributed by atoms with Crippen LogP contribution in [0, 0.1) is 11.7 Å². The standard InChI is InChI=1S/C17H18FN5OS2/c1-11(2)9-23-15(12-4-3-5-13(18)8-12)21-22-17(23)26-10-14(24)20-16-19-6-7-25-16/h3-8,11H,9-10H2,1-2H3,(H,19,20,24). The van der Waals surface area contributed by atoms with Crippen molar-refractivity contribution in [2.75, 3.05) is 11.1 Å². The van der Waals surface area contributed by atoms with Crippen LogP contribution in [-0.4, -0.2) is 31.4 Å². The lowest BCUT2D eigenvalue weighted by Crippen LogP contribution is -2.15. The lowest BCUT2D eigenvalue weighted by atomic mass is 10.2. The van der Waals surface area contributed by atoms with Gasteiger partial charge in [0.1, 0.15) is 5.82 Å². The highest BCUT2D eigenvalue weighted by Crippen LogP contribution is 2.26. The summed E-state index contributed by atoms with van der Waals surface area (Å²) in [6.45, 7) is 4.84. The van der Waals surface area contributed by atoms with E-state index >= 15 is 0 Å². The van der Waals surface area contributed by atoms with Crippen molar-refractivity contribution in [3.63, 3.8) is 0 Å². The second-order valence-electron chi connectivity index (χ2n) is 6.00. The van der Waals surface area contributed by atoms with Gasteiger partial charge in [-0.15, -0.1) is 21.5 Å². The molecule has 0 spiro atoms. The van der Waals surface area contributed by atoms with Gasteiger partial charge in [-0.05, 0) is 18.1 Å². The molecule has 0 aliphatic heterocycles. The number of hydrogen-bond acceptors (Lipinski definition) is 6. The minimum absolute atomic E-state index is 0.156. The number of hydrogen-bond donors (Lipinski definition) is 1. The molecule has 0 radical (unpaired) electrons. The Balaban J connectivity index is 1.77. The molecular weight excluding hydrogens is 373 g/mol. The number of thioether (sulfide) groups is 1. The van der Waals surface area contributed by atoms with Crippen molar-refractivity contribution in [3.8, 4) is 11.4 Å². The van der Waals surface area contributed by atoms with Gasteiger partial charge in [0, 0.05) is 23.7 Å². The molecule has 0 unspecified atom stereocenters. The lowest BCUT2D eigenvalue weighted by Gasteiger charge is -2.12. The van der Waals surface area contributed by atoms with Gasteiger partial charge in [-0.1, -0.05) is 37.7 Å². The Morgan fingerprint density at radius 1 is 1.38 bits per heavy atom. The summed E-state index contributed by atoms with van der Waals surface area (Å²) in [4.78, 5) is 16.1. The zero-order valence-corrected chi connectivity index (χ0v) is 16.0. The summed E-state index contributed by atoms with van der Waals surface area (Å²) in [5, 5.41) is 14.2. The van der Waals surface area contributed by atoms with E-state index in [1.807, 2.05) is 4.57 Å². The zero-order chi connectivity index (χ0) is 18.5. The van der Waals surface area contributed by atoms with Crippen LogP contribution in [0.2, 0.25) is 0 Å². The second-order valence-corrected chi connectivity index (χ2v) is 7.83. The summed E-state index contributed by atoms with van der Waals surface area (Å²) in [7, 11) is 0. The van der Waals surface area contributed by atoms with Crippen LogP contribution in [0.15, 0.2) is 41.0 Å². The molecule has 26 heavy (non-hydrogen) atoms. The monoisotopic (exact) mass is 391 g/mol. The molecule has 6 nitrogen and oxygen atoms in total. The Morgan fingerprint density at radius 3 is 2.92 bits per heavy atom. The zero-order valence-electron chi connectivity index (χ0n) is 14.3. The number of thiazole rings is 1. The van der Waals surface area contributed by atoms with E-state index in [0.717, 1.165) is 0 Å². The Bertz CT molecular complexity index is 879. The average molecular weight is 391 g/mol. The highest BCUT2D eigenvalue weighted by molar-refractivity contribution is 7.99. The smallest absolute Gasteiger partial charge is 0.236 e. The topological polar surface area (TPSA) is 72.7 Å². The van der Waals surface area contributed by atoms with Crippen LogP contribution in [0.25, 0.3) is 11.4 Å². The SMILES string of the molecule is CC(C)Cn1c(SCC(=O)Nc2nccs2)nnc1-c1cccc(F)c1. The number of amides is 1. The highest BCUT2D eigenvalue weighted by atomic mass is 32.2. The number of nitrogens with one attached hydrogen (secondary N) is 1. The first-order valence-corrected chi connectivity index (χ1v) is 9.90. The molecule has 3 rings (SSSR count). The third kappa shape index (κ3) is 4.67. The van der Waals surface area contributed by atoms with Crippen molar-refractivity contribution in [1.82, 2.24) is 19.7 Å². The third-order valence-corrected chi connectivity index (χ3v) is 5.01. The number of nitrogens with zero attached hydrogens (tertiary/aromatic N) is 4. The fraction of sp³-hybridized carbons (Fsp3) is 0.294. The molecule has 0 saturated carbocycles. The Kier molecular flexibility index (Phi) is 6.00. The van der Waals surface area contributed by atoms with Gasteiger partial charge in [-0.2, -0.15) is 0 Å². The summed E-state index contributed by atoms with van der Waals surface area (Å²) in [5.74, 6) is 0.664. The first-order valence-electron chi connectivity index (χ1n) is 8.04. The highest BCUT2D eigenvalue weighted by Gasteiger charge is 2.17. The normalized spacial score (nSPS) is 11.1. The van der Waals surface area contributed by atoms with E-state index in [4.69, 9.17) is 0 Å². The molecule has 0 aliphatic rings. The van der Waals surface area contributed by atoms with Gasteiger partial charge in [0.2, 0.25) is 5.91 Å². The maximum absolute atomic E-state index is 13.6. The van der Waals surface area contributed by atoms with E-state index in [9.17, 15) is 9.18 Å². The van der Waals surface area contributed by atoms with E-state index in [2.05, 4.69) is 34.3 Å². The van der Waals surface area contributed by atoms with Crippen LogP contribution >= 0.6 is 23.1 Å². The van der Waals surface area contributed by atoms with Crippen molar-refractivity contribution in [2.45, 2.75) is 25.5 Å². The summed E-state index contributed by atoms with van der Waals surface area (Å²) in [5.41, 5.74) is 0.664. The van der Waals surface area contributed by atoms with Gasteiger partial charge in [0.05, 0.1) is 5.75 Å². The van der Waals surface area contributed by atoms with Crippen molar-refractivity contribution in [1.29, 1.82) is 0 Å². The number of carbonyl (C=O) groups is 1. The van der Waals surface area contributed by atoms with Crippen molar-refractivity contribution >= 4 is 34.1 Å². The predicted molar refractivity (Wildman–Crippen MR) is 102 cm³/mol. The van der Waals surface area contributed by atoms with E-state index in [0.29, 0.717) is 34.1 Å². The van der Waals surface area contributed by atoms with Crippen LogP contribution in [0.3, 0.4) is 0 Å². The molecule has 2 aromatic heterocycles. The molecule has 0 bridgehead atoms. The molecule has 1 amide bonds. The largest absolute Gasteiger partial charge is 0.302 e. The van der Waals surface area contributed by atoms with Gasteiger partial charge in [-0.25, -0.2) is 9.37 Å². The number of rotatable bonds is 7. The molecule has 0 atom stereocenters. The van der Waals surface area contributed by atoms with Gasteiger partial charge in [0.15, 0.2) is 16.1 Å². The summed E-state index contributed by atoms with van der Waals surface area (Å²) < 4.78 is 15.5. The first-order chi connectivity index (χ1) is 12.5. The van der Waals surface area contributed by atoms with Crippen LogP contribution < -0.4 is 5.32 Å². The van der Waals surface area contributed by atoms with Crippen LogP contribution in [-0.2, 0) is 11.3 Å². The number of anilines is 1. The second kappa shape index (κ2) is 8.41. The van der Waals surface area contributed by atoms with Crippen molar-refractivity contribution in [2.24, 2.45) is 5.92 Å². The molecule has 0 aliphatic carbocycles. The number of halogens is 1. The van der Waals surface area contributed by atoms with Crippen LogP contribution in [0.1, 0.15) is 13.8 Å². The maximum Gasteiger partial charge on any atom is 0.236 e. The Hall–Kier alpha value is -2.26. The fourth-order valence-electron chi connectivity index (χ4n) is 2.34. The molecule has 2 heterocycles. The number of carbonyl (C=O) groups excluding carboxylic acids is 1. The first kappa shape index (κ1) is 18.5. The Morgan fingerprint density at radius 2 is 2.23 bits per heavy atom. The molecule has 3 aromatic rings. The van der Waals surface area contributed by atoms with Crippen molar-refractivity contribution < 1.29 is 9.18 Å². The summed E-state index contributed by atoms with van der Waals surface area (Å²) in [6.07, 6.45) is 1.64. The molecule has 9 heteroatoms. The fourth-order valence-corrected chi connectivity index (χ4v) is 3.63. The summed E-state index contributed by atoms with van der Waals surface area (Å²) in [6, 6.07) is 6.27. The molecule has 1 N–H and O–H groups in total. The minimum Gasteiger partial charge on any atom is -0.302 e. The quantitative estimate of drug-likeness (QED) is 0.618. The van der Waals surface area contributed by atoms with Crippen molar-refractivity contribution in [3.05, 3.63) is 41.7 Å². The van der Waals surface area contributed by atoms with Gasteiger partial charge < -0.3 is 9.88 Å².